The Balaban J connectivity index is 2.47. The molecule has 90 valence electrons. The first-order valence-electron chi connectivity index (χ1n) is 5.12. The van der Waals surface area contributed by atoms with Crippen LogP contribution in [0.4, 0.5) is 0 Å². The van der Waals surface area contributed by atoms with E-state index in [2.05, 4.69) is 16.5 Å². The van der Waals surface area contributed by atoms with Gasteiger partial charge < -0.3 is 9.64 Å². The first-order chi connectivity index (χ1) is 6.94. The van der Waals surface area contributed by atoms with Crippen LogP contribution in [0.15, 0.2) is 0 Å². The molecule has 0 radical (unpaired) electrons. The predicted molar refractivity (Wildman–Crippen MR) is 59.2 cm³/mol. The summed E-state index contributed by atoms with van der Waals surface area (Å²) in [6.07, 6.45) is 0. The van der Waals surface area contributed by atoms with E-state index in [1.54, 1.807) is 0 Å². The van der Waals surface area contributed by atoms with E-state index in [-0.39, 0.29) is 18.4 Å². The first kappa shape index (κ1) is 12.9. The van der Waals surface area contributed by atoms with Crippen molar-refractivity contribution in [2.24, 2.45) is 5.92 Å². The smallest absolute Gasteiger partial charge is 0.214 e. The molecule has 0 saturated carbocycles. The molecule has 0 amide bonds. The minimum absolute atomic E-state index is 0.0381. The molecule has 0 spiro atoms. The second-order valence-corrected chi connectivity index (χ2v) is 6.11. The third-order valence-corrected chi connectivity index (χ3v) is 4.05. The van der Waals surface area contributed by atoms with E-state index in [4.69, 9.17) is 4.74 Å². The third-order valence-electron chi connectivity index (χ3n) is 2.68. The van der Waals surface area contributed by atoms with Gasteiger partial charge in [-0.25, -0.2) is 13.1 Å². The number of likely N-dealkylation sites (N-methyl/N-ethyl adjacent to an activating group) is 1. The van der Waals surface area contributed by atoms with Crippen LogP contribution in [-0.4, -0.2) is 59.0 Å². The number of hydrogen-bond acceptors (Lipinski definition) is 4. The largest absolute Gasteiger partial charge is 0.384 e. The Morgan fingerprint density at radius 1 is 1.47 bits per heavy atom. The average molecular weight is 236 g/mol. The summed E-state index contributed by atoms with van der Waals surface area (Å²) >= 11 is 0. The van der Waals surface area contributed by atoms with Gasteiger partial charge in [-0.1, -0.05) is 6.92 Å². The molecule has 6 heteroatoms. The van der Waals surface area contributed by atoms with Gasteiger partial charge in [0.2, 0.25) is 10.0 Å². The topological polar surface area (TPSA) is 58.6 Å². The van der Waals surface area contributed by atoms with Crippen LogP contribution in [0.2, 0.25) is 0 Å². The summed E-state index contributed by atoms with van der Waals surface area (Å²) in [5.74, 6) is 0.406. The van der Waals surface area contributed by atoms with Crippen molar-refractivity contribution in [2.75, 3.05) is 39.6 Å². The van der Waals surface area contributed by atoms with Crippen molar-refractivity contribution in [1.82, 2.24) is 9.62 Å². The summed E-state index contributed by atoms with van der Waals surface area (Å²) in [6.45, 7) is 4.03. The van der Waals surface area contributed by atoms with Crippen LogP contribution in [-0.2, 0) is 14.8 Å². The molecule has 2 atom stereocenters. The maximum Gasteiger partial charge on any atom is 0.214 e. The van der Waals surface area contributed by atoms with Crippen LogP contribution in [0.25, 0.3) is 0 Å². The number of methoxy groups -OCH3 is 1. The van der Waals surface area contributed by atoms with Gasteiger partial charge in [0.1, 0.15) is 0 Å². The number of likely N-dealkylation sites (tertiary alicyclic amines) is 1. The lowest BCUT2D eigenvalue weighted by Gasteiger charge is -2.16. The van der Waals surface area contributed by atoms with Crippen LogP contribution < -0.4 is 4.72 Å². The van der Waals surface area contributed by atoms with Crippen molar-refractivity contribution in [1.29, 1.82) is 0 Å². The van der Waals surface area contributed by atoms with Crippen molar-refractivity contribution in [3.05, 3.63) is 0 Å². The second-order valence-electron chi connectivity index (χ2n) is 4.23. The first-order valence-corrected chi connectivity index (χ1v) is 6.77. The highest BCUT2D eigenvalue weighted by Crippen LogP contribution is 2.15. The fourth-order valence-corrected chi connectivity index (χ4v) is 3.12. The molecule has 1 aliphatic heterocycles. The monoisotopic (exact) mass is 236 g/mol. The van der Waals surface area contributed by atoms with E-state index in [0.717, 1.165) is 13.1 Å². The van der Waals surface area contributed by atoms with Gasteiger partial charge in [-0.3, -0.25) is 0 Å². The Morgan fingerprint density at radius 2 is 2.13 bits per heavy atom. The molecule has 0 aromatic heterocycles. The van der Waals surface area contributed by atoms with Gasteiger partial charge in [0.15, 0.2) is 0 Å². The van der Waals surface area contributed by atoms with E-state index >= 15 is 0 Å². The normalized spacial score (nSPS) is 28.5. The van der Waals surface area contributed by atoms with Crippen LogP contribution in [0, 0.1) is 5.92 Å². The highest BCUT2D eigenvalue weighted by Gasteiger charge is 2.30. The Morgan fingerprint density at radius 3 is 2.60 bits per heavy atom. The second kappa shape index (κ2) is 5.25. The maximum atomic E-state index is 11.6. The molecular weight excluding hydrogens is 216 g/mol. The predicted octanol–water partition coefficient (Wildman–Crippen LogP) is -0.498. The fraction of sp³-hybridized carbons (Fsp3) is 1.00. The lowest BCUT2D eigenvalue weighted by Crippen LogP contribution is -2.41. The Hall–Kier alpha value is -0.170. The molecule has 1 fully saturated rings. The van der Waals surface area contributed by atoms with Gasteiger partial charge in [-0.2, -0.15) is 0 Å². The van der Waals surface area contributed by atoms with Crippen LogP contribution >= 0.6 is 0 Å². The Kier molecular flexibility index (Phi) is 4.51. The molecule has 1 aliphatic rings. The van der Waals surface area contributed by atoms with Gasteiger partial charge in [-0.15, -0.1) is 0 Å². The molecule has 1 rings (SSSR count). The van der Waals surface area contributed by atoms with Gasteiger partial charge in [0, 0.05) is 26.2 Å². The maximum absolute atomic E-state index is 11.6. The SMILES string of the molecule is COCCS(=O)(=O)N[C@H]1CN(C)C[C@H]1C. The van der Waals surface area contributed by atoms with E-state index < -0.39 is 10.0 Å². The number of rotatable bonds is 5. The zero-order chi connectivity index (χ0) is 11.5. The lowest BCUT2D eigenvalue weighted by atomic mass is 10.1. The van der Waals surface area contributed by atoms with E-state index in [9.17, 15) is 8.42 Å². The summed E-state index contributed by atoms with van der Waals surface area (Å²) in [4.78, 5) is 2.13. The highest BCUT2D eigenvalue weighted by atomic mass is 32.2. The Bertz CT molecular complexity index is 292. The molecule has 0 aromatic rings. The van der Waals surface area contributed by atoms with E-state index in [1.165, 1.54) is 7.11 Å². The number of nitrogens with zero attached hydrogens (tertiary/aromatic N) is 1. The zero-order valence-corrected chi connectivity index (χ0v) is 10.4. The standard InChI is InChI=1S/C9H20N2O3S/c1-8-6-11(2)7-9(8)10-15(12,13)5-4-14-3/h8-10H,4-7H2,1-3H3/t8-,9+/m1/s1. The van der Waals surface area contributed by atoms with E-state index in [0.29, 0.717) is 5.92 Å². The van der Waals surface area contributed by atoms with Crippen molar-refractivity contribution >= 4 is 10.0 Å². The number of sulfonamides is 1. The summed E-state index contributed by atoms with van der Waals surface area (Å²) in [5, 5.41) is 0. The minimum atomic E-state index is -3.19. The molecule has 15 heavy (non-hydrogen) atoms. The van der Waals surface area contributed by atoms with Crippen LogP contribution in [0.3, 0.4) is 0 Å². The molecule has 1 N–H and O–H groups in total. The van der Waals surface area contributed by atoms with E-state index in [1.807, 2.05) is 7.05 Å². The highest BCUT2D eigenvalue weighted by molar-refractivity contribution is 7.89. The van der Waals surface area contributed by atoms with Gasteiger partial charge in [-0.05, 0) is 13.0 Å². The van der Waals surface area contributed by atoms with Crippen LogP contribution in [0.1, 0.15) is 6.92 Å². The molecule has 5 nitrogen and oxygen atoms in total. The summed E-state index contributed by atoms with van der Waals surface area (Å²) < 4.78 is 30.7. The molecular formula is C9H20N2O3S. The average Bonchev–Trinajstić information content (AvgIpc) is 2.41. The van der Waals surface area contributed by atoms with Gasteiger partial charge >= 0.3 is 0 Å². The van der Waals surface area contributed by atoms with Gasteiger partial charge in [0.05, 0.1) is 12.4 Å². The summed E-state index contributed by atoms with van der Waals surface area (Å²) in [5.41, 5.74) is 0. The molecule has 1 saturated heterocycles. The minimum Gasteiger partial charge on any atom is -0.384 e. The van der Waals surface area contributed by atoms with Crippen molar-refractivity contribution in [3.8, 4) is 0 Å². The summed E-state index contributed by atoms with van der Waals surface area (Å²) in [6, 6.07) is 0.0388. The van der Waals surface area contributed by atoms with Crippen molar-refractivity contribution < 1.29 is 13.2 Å². The third kappa shape index (κ3) is 4.06. The van der Waals surface area contributed by atoms with Gasteiger partial charge in [0.25, 0.3) is 0 Å². The quantitative estimate of drug-likeness (QED) is 0.699. The summed E-state index contributed by atoms with van der Waals surface area (Å²) in [7, 11) is 0.316. The van der Waals surface area contributed by atoms with Crippen molar-refractivity contribution in [3.63, 3.8) is 0 Å². The number of ether oxygens (including phenoxy) is 1. The molecule has 0 aromatic carbocycles. The molecule has 1 heterocycles. The Labute approximate surface area is 91.8 Å². The molecule has 0 bridgehead atoms. The molecule has 0 unspecified atom stereocenters. The van der Waals surface area contributed by atoms with Crippen molar-refractivity contribution in [2.45, 2.75) is 13.0 Å². The molecule has 0 aliphatic carbocycles. The lowest BCUT2D eigenvalue weighted by molar-refractivity contribution is 0.216. The fourth-order valence-electron chi connectivity index (χ4n) is 1.85. The number of nitrogens with one attached hydrogen (secondary N) is 1. The number of hydrogen-bond donors (Lipinski definition) is 1. The zero-order valence-electron chi connectivity index (χ0n) is 9.56. The van der Waals surface area contributed by atoms with Crippen LogP contribution in [0.5, 0.6) is 0 Å².